The van der Waals surface area contributed by atoms with Gasteiger partial charge in [0.1, 0.15) is 0 Å². The van der Waals surface area contributed by atoms with Crippen molar-refractivity contribution in [1.29, 1.82) is 0 Å². The lowest BCUT2D eigenvalue weighted by Gasteiger charge is -2.23. The summed E-state index contributed by atoms with van der Waals surface area (Å²) in [6, 6.07) is 6.91. The molecule has 28 heavy (non-hydrogen) atoms. The number of aromatic nitrogens is 2. The molecule has 0 aliphatic carbocycles. The summed E-state index contributed by atoms with van der Waals surface area (Å²) in [4.78, 5) is 14.8. The van der Waals surface area contributed by atoms with Crippen molar-refractivity contribution in [3.63, 3.8) is 0 Å². The van der Waals surface area contributed by atoms with Crippen LogP contribution in [0.2, 0.25) is 0 Å². The van der Waals surface area contributed by atoms with Gasteiger partial charge in [-0.25, -0.2) is 13.1 Å². The highest BCUT2D eigenvalue weighted by Gasteiger charge is 2.29. The quantitative estimate of drug-likeness (QED) is 0.770. The Kier molecular flexibility index (Phi) is 6.09. The van der Waals surface area contributed by atoms with E-state index in [-0.39, 0.29) is 29.3 Å². The molecular formula is C18H24ClN5O3S. The number of carbonyl (C=O) groups excluding carboxylic acids is 1. The Bertz CT molecular complexity index is 969. The lowest BCUT2D eigenvalue weighted by Crippen LogP contribution is -2.32. The van der Waals surface area contributed by atoms with Gasteiger partial charge in [0, 0.05) is 25.0 Å². The topological polar surface area (TPSA) is 96.3 Å². The minimum absolute atomic E-state index is 0. The van der Waals surface area contributed by atoms with E-state index in [0.29, 0.717) is 18.7 Å². The van der Waals surface area contributed by atoms with Crippen molar-refractivity contribution in [2.45, 2.75) is 30.2 Å². The summed E-state index contributed by atoms with van der Waals surface area (Å²) in [5.41, 5.74) is 2.03. The highest BCUT2D eigenvalue weighted by atomic mass is 35.5. The number of nitrogens with zero attached hydrogens (tertiary/aromatic N) is 3. The van der Waals surface area contributed by atoms with E-state index in [1.54, 1.807) is 23.1 Å². The number of hydrogen-bond donors (Lipinski definition) is 2. The van der Waals surface area contributed by atoms with Crippen molar-refractivity contribution in [3.8, 4) is 0 Å². The molecule has 1 unspecified atom stereocenters. The standard InChI is InChI=1S/C18H23N5O3S.ClH/c1-19-27(25,26)15-4-5-17-13(11-15)6-9-22(17)18(24)16-7-10-23(21-16)14-3-2-8-20-12-14;/h4-5,7,10-11,14,19-20H,2-3,6,8-9,12H2,1H3;1H. The minimum atomic E-state index is -3.49. The molecule has 0 radical (unpaired) electrons. The normalized spacial score (nSPS) is 19.2. The van der Waals surface area contributed by atoms with Gasteiger partial charge in [-0.3, -0.25) is 9.48 Å². The molecule has 1 amide bonds. The van der Waals surface area contributed by atoms with Crippen LogP contribution in [0.25, 0.3) is 0 Å². The molecule has 2 aromatic rings. The molecule has 0 saturated carbocycles. The first-order chi connectivity index (χ1) is 13.0. The lowest BCUT2D eigenvalue weighted by molar-refractivity contribution is 0.0983. The first-order valence-electron chi connectivity index (χ1n) is 9.14. The van der Waals surface area contributed by atoms with Crippen LogP contribution in [0.15, 0.2) is 35.4 Å². The van der Waals surface area contributed by atoms with Crippen LogP contribution in [-0.4, -0.2) is 50.8 Å². The van der Waals surface area contributed by atoms with Crippen LogP contribution in [0.4, 0.5) is 5.69 Å². The summed E-state index contributed by atoms with van der Waals surface area (Å²) in [5, 5.41) is 7.85. The van der Waals surface area contributed by atoms with Crippen LogP contribution in [0.5, 0.6) is 0 Å². The molecule has 1 atom stereocenters. The summed E-state index contributed by atoms with van der Waals surface area (Å²) < 4.78 is 28.2. The Morgan fingerprint density at radius 1 is 1.32 bits per heavy atom. The molecule has 152 valence electrons. The van der Waals surface area contributed by atoms with Crippen LogP contribution in [-0.2, 0) is 16.4 Å². The van der Waals surface area contributed by atoms with E-state index in [1.165, 1.54) is 13.1 Å². The van der Waals surface area contributed by atoms with Crippen LogP contribution in [0.1, 0.15) is 34.9 Å². The Morgan fingerprint density at radius 2 is 2.14 bits per heavy atom. The van der Waals surface area contributed by atoms with E-state index in [0.717, 1.165) is 37.2 Å². The average molecular weight is 426 g/mol. The number of piperidine rings is 1. The highest BCUT2D eigenvalue weighted by Crippen LogP contribution is 2.31. The van der Waals surface area contributed by atoms with Crippen molar-refractivity contribution in [1.82, 2.24) is 19.8 Å². The van der Waals surface area contributed by atoms with Crippen molar-refractivity contribution in [2.75, 3.05) is 31.6 Å². The second-order valence-corrected chi connectivity index (χ2v) is 8.77. The Balaban J connectivity index is 0.00000225. The van der Waals surface area contributed by atoms with E-state index in [9.17, 15) is 13.2 Å². The fourth-order valence-corrected chi connectivity index (χ4v) is 4.51. The first-order valence-corrected chi connectivity index (χ1v) is 10.6. The predicted molar refractivity (Wildman–Crippen MR) is 109 cm³/mol. The maximum Gasteiger partial charge on any atom is 0.278 e. The van der Waals surface area contributed by atoms with Crippen molar-refractivity contribution in [3.05, 3.63) is 41.7 Å². The molecule has 2 N–H and O–H groups in total. The lowest BCUT2D eigenvalue weighted by atomic mass is 10.1. The summed E-state index contributed by atoms with van der Waals surface area (Å²) >= 11 is 0. The van der Waals surface area contributed by atoms with Gasteiger partial charge in [0.15, 0.2) is 5.69 Å². The second kappa shape index (κ2) is 8.20. The van der Waals surface area contributed by atoms with Gasteiger partial charge in [0.05, 0.1) is 10.9 Å². The summed E-state index contributed by atoms with van der Waals surface area (Å²) in [6.45, 7) is 2.42. The van der Waals surface area contributed by atoms with E-state index >= 15 is 0 Å². The summed E-state index contributed by atoms with van der Waals surface area (Å²) in [6.07, 6.45) is 4.65. The van der Waals surface area contributed by atoms with Crippen molar-refractivity contribution >= 4 is 34.0 Å². The van der Waals surface area contributed by atoms with E-state index < -0.39 is 10.0 Å². The number of sulfonamides is 1. The number of nitrogens with one attached hydrogen (secondary N) is 2. The van der Waals surface area contributed by atoms with Gasteiger partial charge >= 0.3 is 0 Å². The molecule has 1 fully saturated rings. The van der Waals surface area contributed by atoms with Crippen molar-refractivity contribution < 1.29 is 13.2 Å². The zero-order valence-electron chi connectivity index (χ0n) is 15.6. The molecule has 3 heterocycles. The van der Waals surface area contributed by atoms with Crippen LogP contribution in [0.3, 0.4) is 0 Å². The van der Waals surface area contributed by atoms with Gasteiger partial charge in [-0.05, 0) is 62.7 Å². The van der Waals surface area contributed by atoms with Gasteiger partial charge in [0.25, 0.3) is 5.91 Å². The molecule has 0 bridgehead atoms. The Hall–Kier alpha value is -1.94. The van der Waals surface area contributed by atoms with Gasteiger partial charge in [0.2, 0.25) is 10.0 Å². The summed E-state index contributed by atoms with van der Waals surface area (Å²) in [7, 11) is -2.11. The molecule has 1 aromatic heterocycles. The zero-order valence-corrected chi connectivity index (χ0v) is 17.2. The third kappa shape index (κ3) is 3.80. The van der Waals surface area contributed by atoms with Gasteiger partial charge in [-0.15, -0.1) is 12.4 Å². The maximum absolute atomic E-state index is 12.9. The fourth-order valence-electron chi connectivity index (χ4n) is 3.73. The van der Waals surface area contributed by atoms with E-state index in [4.69, 9.17) is 0 Å². The average Bonchev–Trinajstić information content (AvgIpc) is 3.35. The van der Waals surface area contributed by atoms with Crippen LogP contribution < -0.4 is 14.9 Å². The number of rotatable bonds is 4. The molecule has 1 aromatic carbocycles. The van der Waals surface area contributed by atoms with Gasteiger partial charge in [-0.1, -0.05) is 0 Å². The predicted octanol–water partition coefficient (Wildman–Crippen LogP) is 1.34. The highest BCUT2D eigenvalue weighted by molar-refractivity contribution is 7.89. The minimum Gasteiger partial charge on any atom is -0.315 e. The SMILES string of the molecule is CNS(=O)(=O)c1ccc2c(c1)CCN2C(=O)c1ccn(C2CCCNC2)n1.Cl. The Morgan fingerprint density at radius 3 is 2.86 bits per heavy atom. The molecule has 2 aliphatic rings. The van der Waals surface area contributed by atoms with Crippen molar-refractivity contribution in [2.24, 2.45) is 0 Å². The number of hydrogen-bond acceptors (Lipinski definition) is 5. The monoisotopic (exact) mass is 425 g/mol. The number of benzene rings is 1. The third-order valence-electron chi connectivity index (χ3n) is 5.24. The van der Waals surface area contributed by atoms with Gasteiger partial charge < -0.3 is 10.2 Å². The molecule has 8 nitrogen and oxygen atoms in total. The molecule has 10 heteroatoms. The van der Waals surface area contributed by atoms with E-state index in [2.05, 4.69) is 15.1 Å². The number of carbonyl (C=O) groups is 1. The van der Waals surface area contributed by atoms with E-state index in [1.807, 2.05) is 10.9 Å². The number of amides is 1. The number of halogens is 1. The molecular weight excluding hydrogens is 402 g/mol. The molecule has 0 spiro atoms. The third-order valence-corrected chi connectivity index (χ3v) is 6.66. The maximum atomic E-state index is 12.9. The zero-order chi connectivity index (χ0) is 19.0. The Labute approximate surface area is 170 Å². The smallest absolute Gasteiger partial charge is 0.278 e. The number of fused-ring (bicyclic) bond motifs is 1. The molecule has 4 rings (SSSR count). The van der Waals surface area contributed by atoms with Crippen LogP contribution >= 0.6 is 12.4 Å². The number of anilines is 1. The fraction of sp³-hybridized carbons (Fsp3) is 0.444. The first kappa shape index (κ1) is 20.8. The molecule has 1 saturated heterocycles. The van der Waals surface area contributed by atoms with Crippen LogP contribution in [0, 0.1) is 0 Å². The van der Waals surface area contributed by atoms with Gasteiger partial charge in [-0.2, -0.15) is 5.10 Å². The molecule has 2 aliphatic heterocycles. The largest absolute Gasteiger partial charge is 0.315 e. The summed E-state index contributed by atoms with van der Waals surface area (Å²) in [5.74, 6) is -0.152. The second-order valence-electron chi connectivity index (χ2n) is 6.89.